The molecule has 3 nitrogen and oxygen atoms in total. The van der Waals surface area contributed by atoms with Crippen LogP contribution in [0.4, 0.5) is 0 Å². The largest absolute Gasteiger partial charge is 0.602 e. The van der Waals surface area contributed by atoms with E-state index in [4.69, 9.17) is 4.42 Å². The molecule has 7 rings (SSSR count). The molecule has 5 aliphatic rings. The highest BCUT2D eigenvalue weighted by Gasteiger charge is 2.52. The van der Waals surface area contributed by atoms with Crippen LogP contribution in [0.3, 0.4) is 0 Å². The summed E-state index contributed by atoms with van der Waals surface area (Å²) in [5, 5.41) is 1.12. The second-order valence-corrected chi connectivity index (χ2v) is 10.7. The Bertz CT molecular complexity index is 939. The summed E-state index contributed by atoms with van der Waals surface area (Å²) in [5.74, 6) is 3.08. The molecule has 0 N–H and O–H groups in total. The van der Waals surface area contributed by atoms with E-state index < -0.39 is 0 Å². The van der Waals surface area contributed by atoms with Crippen molar-refractivity contribution < 1.29 is 8.98 Å². The van der Waals surface area contributed by atoms with Crippen molar-refractivity contribution in [1.29, 1.82) is 0 Å². The third-order valence-electron chi connectivity index (χ3n) is 8.76. The molecule has 3 heteroatoms. The maximum absolute atomic E-state index is 13.1. The van der Waals surface area contributed by atoms with Gasteiger partial charge in [-0.15, -0.1) is 4.57 Å². The van der Waals surface area contributed by atoms with Gasteiger partial charge >= 0.3 is 5.76 Å². The van der Waals surface area contributed by atoms with Crippen molar-refractivity contribution in [2.75, 3.05) is 0 Å². The number of nitrogens with zero attached hydrogens (tertiary/aromatic N) is 1. The molecule has 0 amide bonds. The summed E-state index contributed by atoms with van der Waals surface area (Å²) in [6.07, 6.45) is 15.1. The first-order chi connectivity index (χ1) is 13.6. The molecule has 0 saturated heterocycles. The van der Waals surface area contributed by atoms with Gasteiger partial charge in [0.1, 0.15) is 0 Å². The van der Waals surface area contributed by atoms with Gasteiger partial charge in [-0.1, -0.05) is 25.5 Å². The van der Waals surface area contributed by atoms with Crippen LogP contribution in [0.15, 0.2) is 33.6 Å². The third kappa shape index (κ3) is 2.54. The molecule has 0 aliphatic heterocycles. The Morgan fingerprint density at radius 1 is 1.00 bits per heavy atom. The van der Waals surface area contributed by atoms with Gasteiger partial charge in [0.25, 0.3) is 0 Å². The van der Waals surface area contributed by atoms with E-state index >= 15 is 0 Å². The van der Waals surface area contributed by atoms with Crippen molar-refractivity contribution in [3.63, 3.8) is 0 Å². The highest BCUT2D eigenvalue weighted by molar-refractivity contribution is 5.79. The Morgan fingerprint density at radius 2 is 1.68 bits per heavy atom. The molecule has 0 spiro atoms. The molecule has 28 heavy (non-hydrogen) atoms. The normalized spacial score (nSPS) is 39.5. The fraction of sp³-hybridized carbons (Fsp3) is 0.680. The summed E-state index contributed by atoms with van der Waals surface area (Å²) >= 11 is 0. The van der Waals surface area contributed by atoms with Crippen molar-refractivity contribution in [2.24, 2.45) is 23.7 Å². The van der Waals surface area contributed by atoms with Gasteiger partial charge < -0.3 is 4.42 Å². The van der Waals surface area contributed by atoms with Crippen molar-refractivity contribution in [3.05, 3.63) is 40.5 Å². The van der Waals surface area contributed by atoms with Crippen LogP contribution < -0.4 is 10.3 Å². The van der Waals surface area contributed by atoms with Crippen LogP contribution in [-0.2, 0) is 5.41 Å². The first-order valence-corrected chi connectivity index (χ1v) is 11.6. The molecule has 1 heterocycles. The van der Waals surface area contributed by atoms with Gasteiger partial charge in [0.15, 0.2) is 17.8 Å². The van der Waals surface area contributed by atoms with E-state index in [0.717, 1.165) is 35.1 Å². The molecular weight excluding hydrogens is 346 g/mol. The number of rotatable bonds is 2. The van der Waals surface area contributed by atoms with Crippen LogP contribution in [0.2, 0.25) is 0 Å². The number of hydrogen-bond acceptors (Lipinski definition) is 2. The van der Waals surface area contributed by atoms with E-state index in [1.165, 1.54) is 63.4 Å². The van der Waals surface area contributed by atoms with Gasteiger partial charge in [-0.25, -0.2) is 0 Å². The zero-order valence-corrected chi connectivity index (χ0v) is 17.0. The fourth-order valence-electron chi connectivity index (χ4n) is 7.91. The molecule has 4 bridgehead atoms. The van der Waals surface area contributed by atoms with E-state index in [0.29, 0.717) is 5.92 Å². The van der Waals surface area contributed by atoms with Gasteiger partial charge in [0.2, 0.25) is 0 Å². The Kier molecular flexibility index (Phi) is 3.80. The second-order valence-electron chi connectivity index (χ2n) is 10.7. The Hall–Kier alpha value is -1.64. The molecule has 5 fully saturated rings. The minimum atomic E-state index is -0.150. The van der Waals surface area contributed by atoms with Crippen molar-refractivity contribution in [1.82, 2.24) is 0 Å². The van der Waals surface area contributed by atoms with Crippen LogP contribution in [-0.4, -0.2) is 0 Å². The molecule has 2 atom stereocenters. The van der Waals surface area contributed by atoms with Crippen LogP contribution in [0.5, 0.6) is 0 Å². The van der Waals surface area contributed by atoms with Gasteiger partial charge in [-0.05, 0) is 80.6 Å². The summed E-state index contributed by atoms with van der Waals surface area (Å²) in [7, 11) is 0. The maximum atomic E-state index is 13.1. The smallest absolute Gasteiger partial charge is 0.371 e. The average Bonchev–Trinajstić information content (AvgIpc) is 2.66. The summed E-state index contributed by atoms with van der Waals surface area (Å²) in [4.78, 5) is 13.1. The van der Waals surface area contributed by atoms with E-state index in [9.17, 15) is 4.79 Å². The summed E-state index contributed by atoms with van der Waals surface area (Å²) in [6.45, 7) is 2.28. The lowest BCUT2D eigenvalue weighted by atomic mass is 9.48. The lowest BCUT2D eigenvalue weighted by Crippen LogP contribution is -2.55. The third-order valence-corrected chi connectivity index (χ3v) is 8.76. The molecule has 2 unspecified atom stereocenters. The number of aromatic nitrogens is 1. The zero-order valence-electron chi connectivity index (χ0n) is 17.0. The van der Waals surface area contributed by atoms with E-state index in [2.05, 4.69) is 31.3 Å². The van der Waals surface area contributed by atoms with Gasteiger partial charge in [-0.3, -0.25) is 0 Å². The Labute approximate surface area is 167 Å². The van der Waals surface area contributed by atoms with Crippen molar-refractivity contribution in [3.8, 4) is 0 Å². The summed E-state index contributed by atoms with van der Waals surface area (Å²) < 4.78 is 8.03. The van der Waals surface area contributed by atoms with E-state index in [1.807, 2.05) is 4.57 Å². The molecule has 2 aromatic rings. The van der Waals surface area contributed by atoms with Gasteiger partial charge in [0.05, 0.1) is 5.39 Å². The lowest BCUT2D eigenvalue weighted by Gasteiger charge is -2.57. The second kappa shape index (κ2) is 6.18. The molecule has 1 aromatic carbocycles. The van der Waals surface area contributed by atoms with E-state index in [1.54, 1.807) is 0 Å². The SMILES string of the molecule is CC1CCCCC1[n+]1cc2cccc(C34CC5CC(CC(C5)C3)C4)c2oc1=O. The predicted molar refractivity (Wildman–Crippen MR) is 109 cm³/mol. The summed E-state index contributed by atoms with van der Waals surface area (Å²) in [6, 6.07) is 6.90. The molecule has 148 valence electrons. The topological polar surface area (TPSA) is 34.1 Å². The average molecular weight is 379 g/mol. The first-order valence-electron chi connectivity index (χ1n) is 11.6. The molecule has 1 aromatic heterocycles. The maximum Gasteiger partial charge on any atom is 0.602 e. The van der Waals surface area contributed by atoms with Crippen molar-refractivity contribution >= 4 is 11.0 Å². The summed E-state index contributed by atoms with van der Waals surface area (Å²) in [5.41, 5.74) is 2.48. The lowest BCUT2D eigenvalue weighted by molar-refractivity contribution is -0.753. The molecular formula is C25H32NO2+. The van der Waals surface area contributed by atoms with Gasteiger partial charge in [0, 0.05) is 17.9 Å². The number of benzene rings is 1. The number of hydrogen-bond donors (Lipinski definition) is 0. The van der Waals surface area contributed by atoms with Crippen LogP contribution in [0.25, 0.3) is 11.0 Å². The highest BCUT2D eigenvalue weighted by Crippen LogP contribution is 2.61. The quantitative estimate of drug-likeness (QED) is 0.665. The van der Waals surface area contributed by atoms with E-state index in [-0.39, 0.29) is 17.2 Å². The Balaban J connectivity index is 1.47. The number of fused-ring (bicyclic) bond motifs is 1. The molecule has 5 saturated carbocycles. The monoisotopic (exact) mass is 378 g/mol. The van der Waals surface area contributed by atoms with Crippen molar-refractivity contribution in [2.45, 2.75) is 82.6 Å². The van der Waals surface area contributed by atoms with Crippen LogP contribution in [0.1, 0.15) is 82.7 Å². The minimum Gasteiger partial charge on any atom is -0.371 e. The predicted octanol–water partition coefficient (Wildman–Crippen LogP) is 5.30. The molecule has 0 radical (unpaired) electrons. The number of para-hydroxylation sites is 1. The highest BCUT2D eigenvalue weighted by atomic mass is 16.4. The Morgan fingerprint density at radius 3 is 2.36 bits per heavy atom. The van der Waals surface area contributed by atoms with Crippen LogP contribution >= 0.6 is 0 Å². The zero-order chi connectivity index (χ0) is 18.9. The fourth-order valence-corrected chi connectivity index (χ4v) is 7.91. The molecule has 5 aliphatic carbocycles. The van der Waals surface area contributed by atoms with Gasteiger partial charge in [-0.2, -0.15) is 4.79 Å². The van der Waals surface area contributed by atoms with Crippen LogP contribution in [0, 0.1) is 23.7 Å². The first kappa shape index (κ1) is 17.2. The standard InChI is InChI=1S/C25H32NO2/c1-16-5-2-3-8-22(16)26-15-20-6-4-7-21(23(20)28-24(26)27)25-12-17-9-18(13-25)11-19(10-17)14-25/h4,6-7,15-19,22H,2-3,5,8-14H2,1H3/q+1. The minimum absolute atomic E-state index is 0.150.